The summed E-state index contributed by atoms with van der Waals surface area (Å²) >= 11 is 7.57. The van der Waals surface area contributed by atoms with E-state index in [1.807, 2.05) is 30.4 Å². The first-order chi connectivity index (χ1) is 13.6. The summed E-state index contributed by atoms with van der Waals surface area (Å²) in [4.78, 5) is 10.4. The van der Waals surface area contributed by atoms with Gasteiger partial charge < -0.3 is 5.32 Å². The van der Waals surface area contributed by atoms with Gasteiger partial charge in [-0.05, 0) is 43.2 Å². The number of thiophene rings is 1. The van der Waals surface area contributed by atoms with Crippen LogP contribution in [-0.2, 0) is 13.0 Å². The summed E-state index contributed by atoms with van der Waals surface area (Å²) in [6.45, 7) is 5.65. The molecular formula is C20H21ClN6S. The van der Waals surface area contributed by atoms with Crippen LogP contribution in [-0.4, -0.2) is 27.8 Å². The molecule has 0 atom stereocenters. The fourth-order valence-electron chi connectivity index (χ4n) is 3.09. The van der Waals surface area contributed by atoms with Crippen LogP contribution in [0.2, 0.25) is 4.34 Å². The number of benzene rings is 1. The topological polar surface area (TPSA) is 65.4 Å². The molecule has 2 N–H and O–H groups in total. The standard InChI is InChI=1S/C20H21ClN6S/c1-3-16-13(2)24-20(17-8-9-18(21)28-17)26-19(16)25-15-6-4-14(5-7-15)12-27-22-10-11-23-27/h4-10,23H,3,11-12H2,1-2H3,(H,24,25,26). The first kappa shape index (κ1) is 18.9. The van der Waals surface area contributed by atoms with Crippen molar-refractivity contribution in [3.05, 3.63) is 57.6 Å². The number of nitrogens with zero attached hydrogens (tertiary/aromatic N) is 4. The van der Waals surface area contributed by atoms with Crippen molar-refractivity contribution in [2.24, 2.45) is 5.10 Å². The smallest absolute Gasteiger partial charge is 0.171 e. The second-order valence-corrected chi connectivity index (χ2v) is 8.17. The highest BCUT2D eigenvalue weighted by molar-refractivity contribution is 7.19. The molecule has 1 aromatic carbocycles. The van der Waals surface area contributed by atoms with E-state index in [-0.39, 0.29) is 0 Å². The van der Waals surface area contributed by atoms with Crippen LogP contribution in [0.5, 0.6) is 0 Å². The highest BCUT2D eigenvalue weighted by Gasteiger charge is 2.14. The number of hydrazone groups is 1. The van der Waals surface area contributed by atoms with E-state index in [4.69, 9.17) is 16.6 Å². The molecule has 28 heavy (non-hydrogen) atoms. The largest absolute Gasteiger partial charge is 0.340 e. The van der Waals surface area contributed by atoms with Crippen molar-refractivity contribution in [1.29, 1.82) is 0 Å². The SMILES string of the molecule is CCc1c(C)nc(-c2ccc(Cl)s2)nc1Nc1ccc(CN2N=CCN2)cc1. The summed E-state index contributed by atoms with van der Waals surface area (Å²) in [7, 11) is 0. The van der Waals surface area contributed by atoms with Crippen LogP contribution in [0.3, 0.4) is 0 Å². The van der Waals surface area contributed by atoms with Gasteiger partial charge >= 0.3 is 0 Å². The zero-order valence-electron chi connectivity index (χ0n) is 15.7. The molecule has 1 aliphatic rings. The van der Waals surface area contributed by atoms with Gasteiger partial charge in [-0.15, -0.1) is 11.3 Å². The quantitative estimate of drug-likeness (QED) is 0.610. The lowest BCUT2D eigenvalue weighted by molar-refractivity contribution is 0.221. The van der Waals surface area contributed by atoms with E-state index in [0.717, 1.165) is 51.5 Å². The number of hydrogen-bond donors (Lipinski definition) is 2. The molecule has 0 aliphatic carbocycles. The fourth-order valence-corrected chi connectivity index (χ4v) is 4.07. The Labute approximate surface area is 173 Å². The maximum atomic E-state index is 6.08. The van der Waals surface area contributed by atoms with Crippen molar-refractivity contribution < 1.29 is 0 Å². The van der Waals surface area contributed by atoms with Gasteiger partial charge in [-0.1, -0.05) is 30.7 Å². The van der Waals surface area contributed by atoms with E-state index in [0.29, 0.717) is 5.82 Å². The third-order valence-corrected chi connectivity index (χ3v) is 5.72. The molecule has 1 aliphatic heterocycles. The molecule has 0 spiro atoms. The molecule has 8 heteroatoms. The van der Waals surface area contributed by atoms with Crippen LogP contribution < -0.4 is 10.7 Å². The minimum absolute atomic E-state index is 0.698. The number of nitrogens with one attached hydrogen (secondary N) is 2. The van der Waals surface area contributed by atoms with Gasteiger partial charge in [-0.25, -0.2) is 20.5 Å². The van der Waals surface area contributed by atoms with Crippen LogP contribution in [0, 0.1) is 6.92 Å². The Balaban J connectivity index is 1.57. The van der Waals surface area contributed by atoms with Crippen molar-refractivity contribution in [3.8, 4) is 10.7 Å². The molecule has 4 rings (SSSR count). The van der Waals surface area contributed by atoms with E-state index in [1.165, 1.54) is 16.9 Å². The molecule has 0 saturated carbocycles. The Kier molecular flexibility index (Phi) is 5.57. The molecule has 0 fully saturated rings. The lowest BCUT2D eigenvalue weighted by Crippen LogP contribution is -2.27. The number of rotatable bonds is 6. The van der Waals surface area contributed by atoms with E-state index >= 15 is 0 Å². The molecule has 0 radical (unpaired) electrons. The maximum absolute atomic E-state index is 6.08. The third-order valence-electron chi connectivity index (χ3n) is 4.50. The van der Waals surface area contributed by atoms with Crippen LogP contribution in [0.25, 0.3) is 10.7 Å². The highest BCUT2D eigenvalue weighted by Crippen LogP contribution is 2.31. The molecule has 2 aromatic heterocycles. The lowest BCUT2D eigenvalue weighted by Gasteiger charge is -2.15. The van der Waals surface area contributed by atoms with Crippen molar-refractivity contribution in [2.45, 2.75) is 26.8 Å². The minimum Gasteiger partial charge on any atom is -0.340 e. The zero-order valence-corrected chi connectivity index (χ0v) is 17.3. The zero-order chi connectivity index (χ0) is 19.5. The van der Waals surface area contributed by atoms with Gasteiger partial charge in [-0.2, -0.15) is 5.10 Å². The molecule has 144 valence electrons. The molecular weight excluding hydrogens is 392 g/mol. The van der Waals surface area contributed by atoms with Gasteiger partial charge in [0.15, 0.2) is 5.82 Å². The third kappa shape index (κ3) is 4.16. The summed E-state index contributed by atoms with van der Waals surface area (Å²) in [6, 6.07) is 12.1. The van der Waals surface area contributed by atoms with E-state index in [1.54, 1.807) is 0 Å². The molecule has 3 aromatic rings. The monoisotopic (exact) mass is 412 g/mol. The average Bonchev–Trinajstić information content (AvgIpc) is 3.35. The van der Waals surface area contributed by atoms with Crippen LogP contribution in [0.1, 0.15) is 23.7 Å². The number of halogens is 1. The Morgan fingerprint density at radius 1 is 1.18 bits per heavy atom. The summed E-state index contributed by atoms with van der Waals surface area (Å²) in [5.41, 5.74) is 7.44. The molecule has 3 heterocycles. The number of hydrazine groups is 1. The Bertz CT molecular complexity index is 998. The van der Waals surface area contributed by atoms with Crippen molar-refractivity contribution >= 4 is 40.7 Å². The lowest BCUT2D eigenvalue weighted by atomic mass is 10.1. The van der Waals surface area contributed by atoms with Gasteiger partial charge in [0.1, 0.15) is 5.82 Å². The highest BCUT2D eigenvalue weighted by atomic mass is 35.5. The predicted octanol–water partition coefficient (Wildman–Crippen LogP) is 4.78. The number of aromatic nitrogens is 2. The van der Waals surface area contributed by atoms with Gasteiger partial charge in [0.05, 0.1) is 22.3 Å². The normalized spacial score (nSPS) is 13.3. The van der Waals surface area contributed by atoms with Gasteiger partial charge in [-0.3, -0.25) is 0 Å². The summed E-state index contributed by atoms with van der Waals surface area (Å²) < 4.78 is 0.734. The fraction of sp³-hybridized carbons (Fsp3) is 0.250. The number of aryl methyl sites for hydroxylation is 1. The molecule has 0 unspecified atom stereocenters. The van der Waals surface area contributed by atoms with Gasteiger partial charge in [0, 0.05) is 23.2 Å². The molecule has 0 saturated heterocycles. The van der Waals surface area contributed by atoms with E-state index < -0.39 is 0 Å². The number of anilines is 2. The second-order valence-electron chi connectivity index (χ2n) is 6.46. The van der Waals surface area contributed by atoms with Crippen LogP contribution in [0.15, 0.2) is 41.5 Å². The van der Waals surface area contributed by atoms with Gasteiger partial charge in [0.25, 0.3) is 0 Å². The van der Waals surface area contributed by atoms with Crippen molar-refractivity contribution in [3.63, 3.8) is 0 Å². The first-order valence-corrected chi connectivity index (χ1v) is 10.3. The van der Waals surface area contributed by atoms with Crippen molar-refractivity contribution in [2.75, 3.05) is 11.9 Å². The summed E-state index contributed by atoms with van der Waals surface area (Å²) in [6.07, 6.45) is 2.72. The summed E-state index contributed by atoms with van der Waals surface area (Å²) in [5, 5.41) is 9.55. The molecule has 6 nitrogen and oxygen atoms in total. The predicted molar refractivity (Wildman–Crippen MR) is 116 cm³/mol. The molecule has 0 bridgehead atoms. The minimum atomic E-state index is 0.698. The maximum Gasteiger partial charge on any atom is 0.171 e. The Morgan fingerprint density at radius 2 is 2.00 bits per heavy atom. The van der Waals surface area contributed by atoms with Gasteiger partial charge in [0.2, 0.25) is 0 Å². The summed E-state index contributed by atoms with van der Waals surface area (Å²) in [5.74, 6) is 1.54. The second kappa shape index (κ2) is 8.26. The van der Waals surface area contributed by atoms with Crippen LogP contribution in [0.4, 0.5) is 11.5 Å². The number of hydrogen-bond acceptors (Lipinski definition) is 7. The van der Waals surface area contributed by atoms with E-state index in [9.17, 15) is 0 Å². The van der Waals surface area contributed by atoms with Crippen LogP contribution >= 0.6 is 22.9 Å². The Morgan fingerprint density at radius 3 is 2.64 bits per heavy atom. The Hall–Kier alpha value is -2.48. The average molecular weight is 413 g/mol. The molecule has 0 amide bonds. The first-order valence-electron chi connectivity index (χ1n) is 9.15. The van der Waals surface area contributed by atoms with E-state index in [2.05, 4.69) is 52.0 Å². The van der Waals surface area contributed by atoms with Crippen molar-refractivity contribution in [1.82, 2.24) is 20.5 Å².